The van der Waals surface area contributed by atoms with Crippen molar-refractivity contribution in [3.05, 3.63) is 68.9 Å². The van der Waals surface area contributed by atoms with E-state index in [2.05, 4.69) is 5.32 Å². The van der Waals surface area contributed by atoms with Gasteiger partial charge in [-0.05, 0) is 37.3 Å². The highest BCUT2D eigenvalue weighted by atomic mass is 19.1. The Bertz CT molecular complexity index is 983. The van der Waals surface area contributed by atoms with Gasteiger partial charge in [-0.25, -0.2) is 4.39 Å². The van der Waals surface area contributed by atoms with Crippen molar-refractivity contribution in [2.75, 3.05) is 13.7 Å². The van der Waals surface area contributed by atoms with E-state index in [0.29, 0.717) is 5.56 Å². The second-order valence-corrected chi connectivity index (χ2v) is 7.32. The number of carbonyl (C=O) groups is 2. The zero-order valence-electron chi connectivity index (χ0n) is 15.9. The Balaban J connectivity index is 1.98. The molecule has 1 saturated carbocycles. The number of Topliss-reactive ketones (excluding diaryl/α,β-unsaturated/α-hetero) is 1. The van der Waals surface area contributed by atoms with Crippen molar-refractivity contribution < 1.29 is 19.1 Å². The fraction of sp³-hybridized carbons (Fsp3) is 0.381. The molecule has 148 valence electrons. The van der Waals surface area contributed by atoms with Gasteiger partial charge in [0.25, 0.3) is 11.5 Å². The van der Waals surface area contributed by atoms with Gasteiger partial charge in [0, 0.05) is 37.4 Å². The van der Waals surface area contributed by atoms with Crippen molar-refractivity contribution in [1.82, 2.24) is 9.88 Å². The zero-order chi connectivity index (χ0) is 20.4. The molecule has 2 atom stereocenters. The first-order chi connectivity index (χ1) is 13.3. The highest BCUT2D eigenvalue weighted by Crippen LogP contribution is 2.41. The molecule has 1 fully saturated rings. The number of halogens is 1. The van der Waals surface area contributed by atoms with E-state index in [1.165, 1.54) is 29.9 Å². The Morgan fingerprint density at radius 2 is 2.04 bits per heavy atom. The number of aromatic nitrogens is 1. The summed E-state index contributed by atoms with van der Waals surface area (Å²) < 4.78 is 15.3. The molecule has 6 nitrogen and oxygen atoms in total. The molecule has 0 unspecified atom stereocenters. The van der Waals surface area contributed by atoms with Gasteiger partial charge in [-0.2, -0.15) is 0 Å². The van der Waals surface area contributed by atoms with Crippen molar-refractivity contribution in [3.8, 4) is 0 Å². The van der Waals surface area contributed by atoms with Gasteiger partial charge in [-0.1, -0.05) is 17.7 Å². The third-order valence-corrected chi connectivity index (χ3v) is 5.17. The predicted octanol–water partition coefficient (Wildman–Crippen LogP) is 1.90. The molecule has 1 aliphatic rings. The quantitative estimate of drug-likeness (QED) is 0.712. The van der Waals surface area contributed by atoms with Crippen LogP contribution in [0, 0.1) is 24.6 Å². The summed E-state index contributed by atoms with van der Waals surface area (Å²) in [5, 5.41) is 11.6. The maximum Gasteiger partial charge on any atom is 0.263 e. The first kappa shape index (κ1) is 19.9. The minimum absolute atomic E-state index is 0.0492. The maximum absolute atomic E-state index is 14.1. The Kier molecular flexibility index (Phi) is 5.74. The van der Waals surface area contributed by atoms with Crippen LogP contribution in [-0.4, -0.2) is 35.0 Å². The monoisotopic (exact) mass is 386 g/mol. The van der Waals surface area contributed by atoms with Gasteiger partial charge in [0.15, 0.2) is 5.78 Å². The van der Waals surface area contributed by atoms with Crippen LogP contribution in [0.2, 0.25) is 0 Å². The van der Waals surface area contributed by atoms with Crippen LogP contribution in [0.25, 0.3) is 0 Å². The van der Waals surface area contributed by atoms with Crippen LogP contribution >= 0.6 is 0 Å². The minimum Gasteiger partial charge on any atom is -0.396 e. The SMILES string of the molecule is CNC(=O)c1cc(C(=O)C[C@@H]2C[C@H]2CO)cn(Cc2cc(C)ccc2F)c1=O. The lowest BCUT2D eigenvalue weighted by Gasteiger charge is -2.12. The number of aliphatic hydroxyl groups excluding tert-OH is 1. The van der Waals surface area contributed by atoms with Gasteiger partial charge in [-0.15, -0.1) is 0 Å². The third-order valence-electron chi connectivity index (χ3n) is 5.17. The molecule has 1 aromatic carbocycles. The summed E-state index contributed by atoms with van der Waals surface area (Å²) in [4.78, 5) is 37.5. The van der Waals surface area contributed by atoms with E-state index in [4.69, 9.17) is 5.11 Å². The topological polar surface area (TPSA) is 88.4 Å². The lowest BCUT2D eigenvalue weighted by molar-refractivity contribution is 0.0961. The highest BCUT2D eigenvalue weighted by molar-refractivity contribution is 6.00. The smallest absolute Gasteiger partial charge is 0.263 e. The molecule has 3 rings (SSSR count). The molecule has 0 spiro atoms. The van der Waals surface area contributed by atoms with Gasteiger partial charge in [0.2, 0.25) is 0 Å². The number of hydrogen-bond acceptors (Lipinski definition) is 4. The van der Waals surface area contributed by atoms with E-state index in [1.807, 2.05) is 6.92 Å². The number of carbonyl (C=O) groups excluding carboxylic acids is 2. The van der Waals surface area contributed by atoms with E-state index in [1.54, 1.807) is 12.1 Å². The van der Waals surface area contributed by atoms with Gasteiger partial charge < -0.3 is 15.0 Å². The molecule has 1 aromatic heterocycles. The van der Waals surface area contributed by atoms with E-state index in [0.717, 1.165) is 12.0 Å². The number of pyridine rings is 1. The number of nitrogens with zero attached hydrogens (tertiary/aromatic N) is 1. The number of benzene rings is 1. The Morgan fingerprint density at radius 1 is 1.29 bits per heavy atom. The van der Waals surface area contributed by atoms with Crippen LogP contribution in [0.15, 0.2) is 35.3 Å². The molecule has 1 amide bonds. The van der Waals surface area contributed by atoms with Crippen molar-refractivity contribution in [3.63, 3.8) is 0 Å². The van der Waals surface area contributed by atoms with E-state index >= 15 is 0 Å². The van der Waals surface area contributed by atoms with Gasteiger partial charge in [-0.3, -0.25) is 14.4 Å². The van der Waals surface area contributed by atoms with Crippen LogP contribution in [0.3, 0.4) is 0 Å². The molecule has 2 N–H and O–H groups in total. The molecule has 2 aromatic rings. The van der Waals surface area contributed by atoms with Gasteiger partial charge >= 0.3 is 0 Å². The normalized spacial score (nSPS) is 18.0. The summed E-state index contributed by atoms with van der Waals surface area (Å²) in [5.41, 5.74) is 0.631. The standard InChI is InChI=1S/C21H23FN2O4/c1-12-3-4-18(22)14(5-12)9-24-10-15(7-17(21(24)28)20(27)23-2)19(26)8-13-6-16(13)11-25/h3-5,7,10,13,16,25H,6,8-9,11H2,1-2H3,(H,23,27)/t13-,16-/m0/s1. The number of aryl methyl sites for hydroxylation is 1. The first-order valence-corrected chi connectivity index (χ1v) is 9.19. The fourth-order valence-corrected chi connectivity index (χ4v) is 3.35. The minimum atomic E-state index is -0.599. The van der Waals surface area contributed by atoms with Gasteiger partial charge in [0.1, 0.15) is 11.4 Å². The van der Waals surface area contributed by atoms with Crippen LogP contribution in [-0.2, 0) is 6.54 Å². The molecule has 7 heteroatoms. The summed E-state index contributed by atoms with van der Waals surface area (Å²) in [5.74, 6) is -1.01. The molecule has 0 bridgehead atoms. The van der Waals surface area contributed by atoms with Gasteiger partial charge in [0.05, 0.1) is 6.54 Å². The predicted molar refractivity (Wildman–Crippen MR) is 102 cm³/mol. The van der Waals surface area contributed by atoms with Crippen LogP contribution in [0.4, 0.5) is 4.39 Å². The number of hydrogen-bond donors (Lipinski definition) is 2. The fourth-order valence-electron chi connectivity index (χ4n) is 3.35. The summed E-state index contributed by atoms with van der Waals surface area (Å²) in [6.45, 7) is 1.78. The summed E-state index contributed by atoms with van der Waals surface area (Å²) >= 11 is 0. The van der Waals surface area contributed by atoms with Crippen LogP contribution < -0.4 is 10.9 Å². The highest BCUT2D eigenvalue weighted by Gasteiger charge is 2.38. The van der Waals surface area contributed by atoms with Crippen molar-refractivity contribution in [2.24, 2.45) is 11.8 Å². The average Bonchev–Trinajstić information content (AvgIpc) is 3.43. The van der Waals surface area contributed by atoms with Crippen molar-refractivity contribution in [1.29, 1.82) is 0 Å². The van der Waals surface area contributed by atoms with E-state index in [9.17, 15) is 18.8 Å². The molecule has 1 aliphatic carbocycles. The summed E-state index contributed by atoms with van der Waals surface area (Å²) in [7, 11) is 1.40. The largest absolute Gasteiger partial charge is 0.396 e. The second kappa shape index (κ2) is 8.06. The number of rotatable bonds is 7. The van der Waals surface area contributed by atoms with Crippen molar-refractivity contribution in [2.45, 2.75) is 26.3 Å². The zero-order valence-corrected chi connectivity index (χ0v) is 15.9. The first-order valence-electron chi connectivity index (χ1n) is 9.19. The van der Waals surface area contributed by atoms with Crippen molar-refractivity contribution >= 4 is 11.7 Å². The molecular formula is C21H23FN2O4. The molecular weight excluding hydrogens is 363 g/mol. The molecule has 0 radical (unpaired) electrons. The maximum atomic E-state index is 14.1. The number of amides is 1. The summed E-state index contributed by atoms with van der Waals surface area (Å²) in [6.07, 6.45) is 2.42. The second-order valence-electron chi connectivity index (χ2n) is 7.32. The Hall–Kier alpha value is -2.80. The Labute approximate surface area is 162 Å². The lowest BCUT2D eigenvalue weighted by Crippen LogP contribution is -2.32. The number of ketones is 1. The summed E-state index contributed by atoms with van der Waals surface area (Å²) in [6, 6.07) is 5.88. The van der Waals surface area contributed by atoms with Crippen LogP contribution in [0.5, 0.6) is 0 Å². The lowest BCUT2D eigenvalue weighted by atomic mass is 10.0. The molecule has 0 saturated heterocycles. The molecule has 1 heterocycles. The molecule has 0 aliphatic heterocycles. The molecule has 28 heavy (non-hydrogen) atoms. The third kappa shape index (κ3) is 4.20. The number of nitrogens with one attached hydrogen (secondary N) is 1. The average molecular weight is 386 g/mol. The number of aliphatic hydroxyl groups is 1. The van der Waals surface area contributed by atoms with E-state index in [-0.39, 0.29) is 48.3 Å². The van der Waals surface area contributed by atoms with Crippen LogP contribution in [0.1, 0.15) is 44.7 Å². The van der Waals surface area contributed by atoms with E-state index < -0.39 is 17.3 Å². The Morgan fingerprint density at radius 3 is 2.68 bits per heavy atom.